The second kappa shape index (κ2) is 4.45. The van der Waals surface area contributed by atoms with E-state index < -0.39 is 0 Å². The van der Waals surface area contributed by atoms with Gasteiger partial charge in [0.2, 0.25) is 5.89 Å². The number of nitrogens with one attached hydrogen (secondary N) is 1. The fourth-order valence-corrected chi connectivity index (χ4v) is 2.94. The van der Waals surface area contributed by atoms with Gasteiger partial charge in [-0.15, -0.1) is 0 Å². The van der Waals surface area contributed by atoms with Crippen molar-refractivity contribution in [3.8, 4) is 0 Å². The van der Waals surface area contributed by atoms with Gasteiger partial charge in [-0.25, -0.2) is 0 Å². The van der Waals surface area contributed by atoms with Crippen molar-refractivity contribution < 1.29 is 9.26 Å². The van der Waals surface area contributed by atoms with E-state index in [0.29, 0.717) is 18.4 Å². The summed E-state index contributed by atoms with van der Waals surface area (Å²) in [7, 11) is 0. The lowest BCUT2D eigenvalue weighted by molar-refractivity contribution is 0.192. The first-order chi connectivity index (χ1) is 9.40. The third kappa shape index (κ3) is 1.96. The largest absolute Gasteiger partial charge is 0.381 e. The summed E-state index contributed by atoms with van der Waals surface area (Å²) in [6.45, 7) is 1.52. The fourth-order valence-electron chi connectivity index (χ4n) is 2.94. The minimum absolute atomic E-state index is 0.309. The van der Waals surface area contributed by atoms with Crippen LogP contribution in [0.3, 0.4) is 0 Å². The maximum atomic E-state index is 5.46. The Balaban J connectivity index is 1.54. The Labute approximate surface area is 110 Å². The number of aromatic amines is 1. The zero-order valence-corrected chi connectivity index (χ0v) is 10.6. The topological polar surface area (TPSA) is 76.8 Å². The van der Waals surface area contributed by atoms with Crippen LogP contribution in [-0.2, 0) is 17.6 Å². The van der Waals surface area contributed by atoms with E-state index in [4.69, 9.17) is 9.26 Å². The van der Waals surface area contributed by atoms with Crippen LogP contribution in [0.5, 0.6) is 0 Å². The van der Waals surface area contributed by atoms with Crippen LogP contribution in [-0.4, -0.2) is 33.6 Å². The van der Waals surface area contributed by atoms with E-state index in [1.54, 1.807) is 0 Å². The monoisotopic (exact) mass is 260 g/mol. The predicted octanol–water partition coefficient (Wildman–Crippen LogP) is 1.57. The molecule has 100 valence electrons. The molecule has 6 nitrogen and oxygen atoms in total. The molecule has 1 N–H and O–H groups in total. The molecular formula is C13H16N4O2. The van der Waals surface area contributed by atoms with Gasteiger partial charge >= 0.3 is 0 Å². The molecule has 0 unspecified atom stereocenters. The summed E-state index contributed by atoms with van der Waals surface area (Å²) in [4.78, 5) is 4.58. The van der Waals surface area contributed by atoms with Crippen LogP contribution in [0.25, 0.3) is 0 Å². The maximum absolute atomic E-state index is 5.46. The summed E-state index contributed by atoms with van der Waals surface area (Å²) >= 11 is 0. The molecule has 0 aromatic carbocycles. The molecule has 0 amide bonds. The predicted molar refractivity (Wildman–Crippen MR) is 65.8 cm³/mol. The number of hydrogen-bond acceptors (Lipinski definition) is 5. The average Bonchev–Trinajstić information content (AvgIpc) is 3.18. The van der Waals surface area contributed by atoms with Gasteiger partial charge in [0.05, 0.1) is 12.8 Å². The maximum Gasteiger partial charge on any atom is 0.230 e. The number of aryl methyl sites for hydroxylation is 1. The van der Waals surface area contributed by atoms with Gasteiger partial charge in [0, 0.05) is 30.6 Å². The summed E-state index contributed by atoms with van der Waals surface area (Å²) in [5, 5.41) is 11.3. The first-order valence-corrected chi connectivity index (χ1v) is 6.82. The van der Waals surface area contributed by atoms with Crippen LogP contribution in [0.2, 0.25) is 0 Å². The van der Waals surface area contributed by atoms with Crippen molar-refractivity contribution in [2.75, 3.05) is 13.2 Å². The van der Waals surface area contributed by atoms with Crippen molar-refractivity contribution in [3.05, 3.63) is 29.2 Å². The average molecular weight is 260 g/mol. The quantitative estimate of drug-likeness (QED) is 0.886. The first kappa shape index (κ1) is 11.2. The van der Waals surface area contributed by atoms with E-state index in [2.05, 4.69) is 20.3 Å². The van der Waals surface area contributed by atoms with Gasteiger partial charge in [-0.3, -0.25) is 5.10 Å². The van der Waals surface area contributed by atoms with Crippen molar-refractivity contribution >= 4 is 0 Å². The number of fused-ring (bicyclic) bond motifs is 1. The van der Waals surface area contributed by atoms with Gasteiger partial charge in [0.15, 0.2) is 5.82 Å². The molecule has 6 heteroatoms. The van der Waals surface area contributed by atoms with Crippen LogP contribution in [0.4, 0.5) is 0 Å². The lowest BCUT2D eigenvalue weighted by atomic mass is 9.88. The van der Waals surface area contributed by atoms with Gasteiger partial charge in [-0.1, -0.05) is 5.16 Å². The molecule has 0 spiro atoms. The van der Waals surface area contributed by atoms with Gasteiger partial charge < -0.3 is 9.26 Å². The Morgan fingerprint density at radius 3 is 3.16 bits per heavy atom. The molecule has 1 saturated heterocycles. The summed E-state index contributed by atoms with van der Waals surface area (Å²) in [5.41, 5.74) is 2.53. The Hall–Kier alpha value is -1.69. The number of hydrogen-bond donors (Lipinski definition) is 1. The van der Waals surface area contributed by atoms with Gasteiger partial charge in [0.1, 0.15) is 0 Å². The zero-order chi connectivity index (χ0) is 12.7. The molecule has 2 aromatic rings. The molecule has 1 fully saturated rings. The highest BCUT2D eigenvalue weighted by Gasteiger charge is 2.28. The van der Waals surface area contributed by atoms with E-state index in [0.717, 1.165) is 44.0 Å². The second-order valence-corrected chi connectivity index (χ2v) is 5.36. The van der Waals surface area contributed by atoms with Crippen LogP contribution in [0, 0.1) is 0 Å². The van der Waals surface area contributed by atoms with Gasteiger partial charge in [0.25, 0.3) is 0 Å². The van der Waals surface area contributed by atoms with Crippen LogP contribution < -0.4 is 0 Å². The smallest absolute Gasteiger partial charge is 0.230 e. The number of aromatic nitrogens is 4. The second-order valence-electron chi connectivity index (χ2n) is 5.36. The molecule has 1 aliphatic carbocycles. The van der Waals surface area contributed by atoms with Crippen LogP contribution in [0.15, 0.2) is 10.7 Å². The third-order valence-electron chi connectivity index (χ3n) is 4.12. The fraction of sp³-hybridized carbons (Fsp3) is 0.615. The highest BCUT2D eigenvalue weighted by Crippen LogP contribution is 2.32. The van der Waals surface area contributed by atoms with Crippen LogP contribution >= 0.6 is 0 Å². The first-order valence-electron chi connectivity index (χ1n) is 6.82. The van der Waals surface area contributed by atoms with Gasteiger partial charge in [-0.2, -0.15) is 10.1 Å². The van der Waals surface area contributed by atoms with E-state index in [-0.39, 0.29) is 0 Å². The molecule has 4 rings (SSSR count). The number of ether oxygens (including phenoxy) is 1. The van der Waals surface area contributed by atoms with Crippen molar-refractivity contribution in [1.29, 1.82) is 0 Å². The minimum Gasteiger partial charge on any atom is -0.381 e. The highest BCUT2D eigenvalue weighted by molar-refractivity contribution is 5.22. The Kier molecular flexibility index (Phi) is 2.61. The molecular weight excluding hydrogens is 244 g/mol. The summed E-state index contributed by atoms with van der Waals surface area (Å²) in [5.74, 6) is 2.20. The third-order valence-corrected chi connectivity index (χ3v) is 4.12. The Morgan fingerprint density at radius 1 is 1.26 bits per heavy atom. The molecule has 2 atom stereocenters. The SMILES string of the molecule is c1n[nH]c2c1CC[C@@H](c1nc([C@@H]3CCOC3)no1)C2. The molecule has 2 aromatic heterocycles. The lowest BCUT2D eigenvalue weighted by Crippen LogP contribution is -2.12. The lowest BCUT2D eigenvalue weighted by Gasteiger charge is -2.17. The van der Waals surface area contributed by atoms with Crippen LogP contribution in [0.1, 0.15) is 47.6 Å². The molecule has 1 aliphatic heterocycles. The molecule has 0 saturated carbocycles. The van der Waals surface area contributed by atoms with E-state index in [1.807, 2.05) is 6.20 Å². The standard InChI is InChI=1S/C13H16N4O2/c1-2-9-6-14-16-11(9)5-8(1)13-15-12(17-19-13)10-3-4-18-7-10/h6,8,10H,1-5,7H2,(H,14,16)/t8-,10-/m1/s1. The number of H-pyrrole nitrogens is 1. The Morgan fingerprint density at radius 2 is 2.26 bits per heavy atom. The van der Waals surface area contributed by atoms with Crippen molar-refractivity contribution in [2.24, 2.45) is 0 Å². The molecule has 3 heterocycles. The van der Waals surface area contributed by atoms with Crippen molar-refractivity contribution in [3.63, 3.8) is 0 Å². The highest BCUT2D eigenvalue weighted by atomic mass is 16.5. The molecule has 19 heavy (non-hydrogen) atoms. The Bertz CT molecular complexity index is 571. The normalized spacial score (nSPS) is 26.5. The molecule has 2 aliphatic rings. The summed E-state index contributed by atoms with van der Waals surface area (Å²) in [6.07, 6.45) is 5.91. The minimum atomic E-state index is 0.309. The van der Waals surface area contributed by atoms with E-state index in [9.17, 15) is 0 Å². The zero-order valence-electron chi connectivity index (χ0n) is 10.6. The molecule has 0 radical (unpaired) electrons. The van der Waals surface area contributed by atoms with E-state index in [1.165, 1.54) is 11.3 Å². The van der Waals surface area contributed by atoms with Crippen molar-refractivity contribution in [1.82, 2.24) is 20.3 Å². The van der Waals surface area contributed by atoms with Crippen molar-refractivity contribution in [2.45, 2.75) is 37.5 Å². The number of nitrogens with zero attached hydrogens (tertiary/aromatic N) is 3. The molecule has 0 bridgehead atoms. The number of rotatable bonds is 2. The van der Waals surface area contributed by atoms with Gasteiger partial charge in [-0.05, 0) is 24.8 Å². The summed E-state index contributed by atoms with van der Waals surface area (Å²) in [6, 6.07) is 0. The summed E-state index contributed by atoms with van der Waals surface area (Å²) < 4.78 is 10.8. The van der Waals surface area contributed by atoms with E-state index >= 15 is 0 Å².